The molecule has 0 spiro atoms. The van der Waals surface area contributed by atoms with Crippen LogP contribution in [0.5, 0.6) is 5.75 Å². The molecular formula is C61H50N4O2. The highest BCUT2D eigenvalue weighted by molar-refractivity contribution is 6.29. The molecule has 0 amide bonds. The predicted molar refractivity (Wildman–Crippen MR) is 273 cm³/mol. The fourth-order valence-corrected chi connectivity index (χ4v) is 11.5. The average Bonchev–Trinajstić information content (AvgIpc) is 3.94. The van der Waals surface area contributed by atoms with Crippen molar-refractivity contribution >= 4 is 72.9 Å². The zero-order valence-electron chi connectivity index (χ0n) is 38.4. The van der Waals surface area contributed by atoms with Gasteiger partial charge in [-0.15, -0.1) is 0 Å². The maximum absolute atomic E-state index is 9.96. The van der Waals surface area contributed by atoms with Crippen LogP contribution >= 0.6 is 0 Å². The Morgan fingerprint density at radius 1 is 0.657 bits per heavy atom. The van der Waals surface area contributed by atoms with Crippen LogP contribution < -0.4 is 14.5 Å². The summed E-state index contributed by atoms with van der Waals surface area (Å²) in [5.74, 6) is 3.46. The zero-order valence-corrected chi connectivity index (χ0v) is 38.4. The molecule has 67 heavy (non-hydrogen) atoms. The molecule has 7 aromatic carbocycles. The smallest absolute Gasteiger partial charge is 0.148 e. The summed E-state index contributed by atoms with van der Waals surface area (Å²) in [6.07, 6.45) is 19.5. The molecule has 6 heteroatoms. The first-order valence-corrected chi connectivity index (χ1v) is 23.7. The van der Waals surface area contributed by atoms with Crippen molar-refractivity contribution in [2.24, 2.45) is 5.92 Å². The molecule has 4 aliphatic rings. The van der Waals surface area contributed by atoms with E-state index in [0.29, 0.717) is 11.1 Å². The fraction of sp³-hybridized carbons (Fsp3) is 0.213. The lowest BCUT2D eigenvalue weighted by Crippen LogP contribution is -2.30. The third-order valence-electron chi connectivity index (χ3n) is 14.7. The minimum absolute atomic E-state index is 0.0787. The Balaban J connectivity index is 1.17. The number of rotatable bonds is 8. The lowest BCUT2D eigenvalue weighted by atomic mass is 9.82. The van der Waals surface area contributed by atoms with Crippen LogP contribution in [0, 0.1) is 28.6 Å². The highest BCUT2D eigenvalue weighted by atomic mass is 16.5. The zero-order chi connectivity index (χ0) is 45.7. The molecule has 1 aromatic heterocycles. The molecule has 12 rings (SSSR count). The number of hydrogen-bond acceptors (Lipinski definition) is 6. The fourth-order valence-electron chi connectivity index (χ4n) is 11.5. The van der Waals surface area contributed by atoms with E-state index < -0.39 is 0 Å². The Bertz CT molecular complexity index is 3520. The van der Waals surface area contributed by atoms with Crippen molar-refractivity contribution in [3.63, 3.8) is 0 Å². The summed E-state index contributed by atoms with van der Waals surface area (Å²) in [4.78, 5) is 4.87. The maximum Gasteiger partial charge on any atom is 0.148 e. The van der Waals surface area contributed by atoms with Crippen LogP contribution in [0.15, 0.2) is 144 Å². The van der Waals surface area contributed by atoms with Crippen LogP contribution in [0.25, 0.3) is 44.5 Å². The largest absolute Gasteiger partial charge is 0.483 e. The van der Waals surface area contributed by atoms with Gasteiger partial charge in [0.15, 0.2) is 0 Å². The lowest BCUT2D eigenvalue weighted by Gasteiger charge is -2.39. The van der Waals surface area contributed by atoms with Crippen LogP contribution in [0.3, 0.4) is 0 Å². The predicted octanol–water partition coefficient (Wildman–Crippen LogP) is 16.1. The van der Waals surface area contributed by atoms with Gasteiger partial charge in [0.05, 0.1) is 46.4 Å². The first kappa shape index (κ1) is 40.7. The first-order valence-electron chi connectivity index (χ1n) is 23.7. The Morgan fingerprint density at radius 2 is 1.28 bits per heavy atom. The molecule has 0 bridgehead atoms. The first-order chi connectivity index (χ1) is 32.7. The van der Waals surface area contributed by atoms with Crippen LogP contribution in [0.4, 0.5) is 28.4 Å². The van der Waals surface area contributed by atoms with Crippen molar-refractivity contribution < 1.29 is 9.15 Å². The summed E-state index contributed by atoms with van der Waals surface area (Å²) in [5, 5.41) is 27.1. The second-order valence-electron chi connectivity index (χ2n) is 19.3. The van der Waals surface area contributed by atoms with Crippen LogP contribution in [0.1, 0.15) is 115 Å². The normalized spacial score (nSPS) is 18.8. The summed E-state index contributed by atoms with van der Waals surface area (Å²) >= 11 is 0. The van der Waals surface area contributed by atoms with Crippen molar-refractivity contribution in [3.8, 4) is 17.9 Å². The molecular weight excluding hydrogens is 821 g/mol. The molecule has 4 unspecified atom stereocenters. The SMILES string of the molecule is CC(C)c1cc(N(c2ccc(C#N)cc2)c2cccc3c2OC2C=CC=CC32)c2ccc3c(C(C)C)cc(N(c4ccc(C#N)cc4)C4c5oc6c(c5C=CC4C)CCC=C6)c4ccc1c2c34. The van der Waals surface area contributed by atoms with E-state index in [1.807, 2.05) is 24.3 Å². The Kier molecular flexibility index (Phi) is 9.52. The highest BCUT2D eigenvalue weighted by Gasteiger charge is 2.39. The van der Waals surface area contributed by atoms with E-state index in [1.165, 1.54) is 49.4 Å². The molecule has 8 aromatic rings. The van der Waals surface area contributed by atoms with E-state index in [1.54, 1.807) is 0 Å². The van der Waals surface area contributed by atoms with Gasteiger partial charge in [-0.2, -0.15) is 10.5 Å². The van der Waals surface area contributed by atoms with Gasteiger partial charge in [-0.05, 0) is 136 Å². The number of nitriles is 2. The molecule has 0 N–H and O–H groups in total. The number of allylic oxidation sites excluding steroid dienone is 3. The second kappa shape index (κ2) is 15.7. The van der Waals surface area contributed by atoms with Crippen molar-refractivity contribution in [2.45, 2.75) is 77.4 Å². The van der Waals surface area contributed by atoms with Gasteiger partial charge in [0.1, 0.15) is 23.4 Å². The van der Waals surface area contributed by atoms with Gasteiger partial charge in [0.25, 0.3) is 0 Å². The van der Waals surface area contributed by atoms with Gasteiger partial charge in [-0.1, -0.05) is 107 Å². The molecule has 6 nitrogen and oxygen atoms in total. The Labute approximate surface area is 392 Å². The number of furan rings is 1. The molecule has 0 saturated heterocycles. The number of para-hydroxylation sites is 1. The Morgan fingerprint density at radius 3 is 1.96 bits per heavy atom. The minimum atomic E-state index is -0.160. The van der Waals surface area contributed by atoms with Gasteiger partial charge in [0.2, 0.25) is 0 Å². The summed E-state index contributed by atoms with van der Waals surface area (Å²) in [7, 11) is 0. The van der Waals surface area contributed by atoms with E-state index in [4.69, 9.17) is 9.15 Å². The van der Waals surface area contributed by atoms with Crippen LogP contribution in [-0.2, 0) is 6.42 Å². The number of hydrogen-bond donors (Lipinski definition) is 0. The summed E-state index contributed by atoms with van der Waals surface area (Å²) < 4.78 is 13.9. The monoisotopic (exact) mass is 870 g/mol. The van der Waals surface area contributed by atoms with Gasteiger partial charge in [0, 0.05) is 50.7 Å². The van der Waals surface area contributed by atoms with Gasteiger partial charge >= 0.3 is 0 Å². The number of anilines is 5. The van der Waals surface area contributed by atoms with E-state index >= 15 is 0 Å². The third kappa shape index (κ3) is 6.27. The lowest BCUT2D eigenvalue weighted by molar-refractivity contribution is 0.269. The van der Waals surface area contributed by atoms with Gasteiger partial charge in [-0.25, -0.2) is 0 Å². The molecule has 0 fully saturated rings. The molecule has 3 aliphatic carbocycles. The quantitative estimate of drug-likeness (QED) is 0.142. The standard InChI is InChI=1S/C61H50N4O2/c1-35(2)50-31-53(64(40-22-18-38(33-62)19-23-40)52-14-10-13-46-42-11-6-8-15-55(42)66-60(46)52)48-29-27-45-51(36(3)4)32-54(49-30-28-44(50)57(48)58(45)49)65(41-24-20-39(34-63)21-25-41)59-37(5)17-26-47-43-12-7-9-16-56(43)67-61(47)59/h6,8-11,13-32,35-37,42,55,59H,7,12H2,1-5H3. The number of benzene rings is 7. The van der Waals surface area contributed by atoms with Crippen LogP contribution in [0.2, 0.25) is 0 Å². The van der Waals surface area contributed by atoms with Crippen molar-refractivity contribution in [1.29, 1.82) is 10.5 Å². The maximum atomic E-state index is 9.96. The van der Waals surface area contributed by atoms with Crippen molar-refractivity contribution in [3.05, 3.63) is 190 Å². The summed E-state index contributed by atoms with van der Waals surface area (Å²) in [6.45, 7) is 11.5. The van der Waals surface area contributed by atoms with Gasteiger partial charge < -0.3 is 19.0 Å². The van der Waals surface area contributed by atoms with Crippen LogP contribution in [-0.4, -0.2) is 6.10 Å². The van der Waals surface area contributed by atoms with Crippen molar-refractivity contribution in [2.75, 3.05) is 9.80 Å². The highest BCUT2D eigenvalue weighted by Crippen LogP contribution is 2.55. The third-order valence-corrected chi connectivity index (χ3v) is 14.7. The molecule has 2 heterocycles. The average molecular weight is 871 g/mol. The molecule has 0 saturated carbocycles. The van der Waals surface area contributed by atoms with Gasteiger partial charge in [-0.3, -0.25) is 0 Å². The molecule has 326 valence electrons. The molecule has 4 atom stereocenters. The minimum Gasteiger partial charge on any atom is -0.483 e. The Hall–Kier alpha value is -7.80. The number of nitrogens with zero attached hydrogens (tertiary/aromatic N) is 4. The number of ether oxygens (including phenoxy) is 1. The van der Waals surface area contributed by atoms with Crippen molar-refractivity contribution in [1.82, 2.24) is 0 Å². The topological polar surface area (TPSA) is 76.4 Å². The van der Waals surface area contributed by atoms with E-state index in [2.05, 4.69) is 184 Å². The summed E-state index contributed by atoms with van der Waals surface area (Å²) in [6, 6.07) is 41.3. The molecule has 0 radical (unpaired) electrons. The van der Waals surface area contributed by atoms with E-state index in [-0.39, 0.29) is 35.8 Å². The summed E-state index contributed by atoms with van der Waals surface area (Å²) in [5.41, 5.74) is 12.5. The van der Waals surface area contributed by atoms with E-state index in [0.717, 1.165) is 69.3 Å². The second-order valence-corrected chi connectivity index (χ2v) is 19.3. The van der Waals surface area contributed by atoms with E-state index in [9.17, 15) is 10.5 Å². The number of fused-ring (bicyclic) bond motifs is 6. The molecule has 1 aliphatic heterocycles.